The van der Waals surface area contributed by atoms with Crippen molar-refractivity contribution in [2.45, 2.75) is 52.7 Å². The van der Waals surface area contributed by atoms with Crippen molar-refractivity contribution in [2.24, 2.45) is 0 Å². The van der Waals surface area contributed by atoms with E-state index in [0.717, 1.165) is 6.42 Å². The molecule has 1 aromatic heterocycles. The van der Waals surface area contributed by atoms with Gasteiger partial charge in [0.1, 0.15) is 6.54 Å². The zero-order chi connectivity index (χ0) is 17.0. The smallest absolute Gasteiger partial charge is 0.331 e. The van der Waals surface area contributed by atoms with Gasteiger partial charge in [0.25, 0.3) is 5.56 Å². The Morgan fingerprint density at radius 2 is 1.87 bits per heavy atom. The molecule has 0 saturated heterocycles. The van der Waals surface area contributed by atoms with Crippen LogP contribution in [-0.2, 0) is 17.9 Å². The first kappa shape index (κ1) is 17.0. The second-order valence-electron chi connectivity index (χ2n) is 5.72. The quantitative estimate of drug-likeness (QED) is 0.877. The summed E-state index contributed by atoms with van der Waals surface area (Å²) in [7, 11) is 0. The van der Waals surface area contributed by atoms with Crippen molar-refractivity contribution in [1.29, 1.82) is 0 Å². The summed E-state index contributed by atoms with van der Waals surface area (Å²) >= 11 is 0. The average Bonchev–Trinajstić information content (AvgIpc) is 2.55. The van der Waals surface area contributed by atoms with Gasteiger partial charge in [-0.2, -0.15) is 0 Å². The normalized spacial score (nSPS) is 12.3. The summed E-state index contributed by atoms with van der Waals surface area (Å²) in [5.41, 5.74) is -0.241. The number of rotatable bonds is 6. The number of hydrogen-bond donors (Lipinski definition) is 1. The highest BCUT2D eigenvalue weighted by atomic mass is 16.2. The Labute approximate surface area is 134 Å². The van der Waals surface area contributed by atoms with Gasteiger partial charge in [-0.25, -0.2) is 4.79 Å². The number of aromatic nitrogens is 2. The molecule has 1 amide bonds. The van der Waals surface area contributed by atoms with E-state index in [0.29, 0.717) is 23.9 Å². The van der Waals surface area contributed by atoms with E-state index in [1.807, 2.05) is 20.8 Å². The van der Waals surface area contributed by atoms with Gasteiger partial charge in [0, 0.05) is 12.6 Å². The summed E-state index contributed by atoms with van der Waals surface area (Å²) in [5.74, 6) is -0.228. The van der Waals surface area contributed by atoms with Gasteiger partial charge in [-0.3, -0.25) is 18.7 Å². The van der Waals surface area contributed by atoms with Gasteiger partial charge in [0.05, 0.1) is 10.9 Å². The van der Waals surface area contributed by atoms with Crippen LogP contribution in [0.4, 0.5) is 0 Å². The second-order valence-corrected chi connectivity index (χ2v) is 5.72. The molecule has 0 fully saturated rings. The maximum Gasteiger partial charge on any atom is 0.331 e. The first-order valence-electron chi connectivity index (χ1n) is 8.01. The fraction of sp³-hybridized carbons (Fsp3) is 0.471. The molecule has 1 N–H and O–H groups in total. The molecule has 0 aliphatic rings. The number of fused-ring (bicyclic) bond motifs is 1. The molecule has 6 nitrogen and oxygen atoms in total. The Balaban J connectivity index is 2.56. The van der Waals surface area contributed by atoms with E-state index < -0.39 is 5.69 Å². The van der Waals surface area contributed by atoms with Crippen LogP contribution >= 0.6 is 0 Å². The highest BCUT2D eigenvalue weighted by Crippen LogP contribution is 2.07. The Kier molecular flexibility index (Phi) is 5.36. The largest absolute Gasteiger partial charge is 0.352 e. The molecular weight excluding hydrogens is 294 g/mol. The van der Waals surface area contributed by atoms with Crippen LogP contribution in [0.5, 0.6) is 0 Å². The summed E-state index contributed by atoms with van der Waals surface area (Å²) in [4.78, 5) is 37.3. The van der Waals surface area contributed by atoms with Crippen molar-refractivity contribution in [3.8, 4) is 0 Å². The fourth-order valence-corrected chi connectivity index (χ4v) is 2.51. The summed E-state index contributed by atoms with van der Waals surface area (Å²) < 4.78 is 2.59. The van der Waals surface area contributed by atoms with E-state index in [2.05, 4.69) is 5.32 Å². The lowest BCUT2D eigenvalue weighted by Crippen LogP contribution is -2.43. The van der Waals surface area contributed by atoms with Crippen molar-refractivity contribution in [3.63, 3.8) is 0 Å². The van der Waals surface area contributed by atoms with Crippen LogP contribution in [0.25, 0.3) is 10.9 Å². The molecule has 6 heteroatoms. The third kappa shape index (κ3) is 3.52. The van der Waals surface area contributed by atoms with Crippen LogP contribution in [0.1, 0.15) is 33.6 Å². The molecule has 0 spiro atoms. The monoisotopic (exact) mass is 317 g/mol. The van der Waals surface area contributed by atoms with Gasteiger partial charge >= 0.3 is 5.69 Å². The SMILES string of the molecule is CCCn1c(=O)c2ccccc2n(CC(=O)N[C@H](C)CC)c1=O. The molecule has 0 radical (unpaired) electrons. The summed E-state index contributed by atoms with van der Waals surface area (Å²) in [5, 5.41) is 3.31. The predicted molar refractivity (Wildman–Crippen MR) is 90.7 cm³/mol. The molecule has 23 heavy (non-hydrogen) atoms. The number of amides is 1. The highest BCUT2D eigenvalue weighted by Gasteiger charge is 2.15. The van der Waals surface area contributed by atoms with Gasteiger partial charge in [-0.05, 0) is 31.9 Å². The third-order valence-corrected chi connectivity index (χ3v) is 3.90. The molecule has 0 bridgehead atoms. The highest BCUT2D eigenvalue weighted by molar-refractivity contribution is 5.81. The van der Waals surface area contributed by atoms with Gasteiger partial charge in [0.15, 0.2) is 0 Å². The zero-order valence-electron chi connectivity index (χ0n) is 13.8. The Hall–Kier alpha value is -2.37. The van der Waals surface area contributed by atoms with Crippen LogP contribution in [0.15, 0.2) is 33.9 Å². The van der Waals surface area contributed by atoms with Gasteiger partial charge in [-0.1, -0.05) is 26.0 Å². The molecule has 0 saturated carbocycles. The van der Waals surface area contributed by atoms with Crippen molar-refractivity contribution in [2.75, 3.05) is 0 Å². The van der Waals surface area contributed by atoms with Crippen molar-refractivity contribution >= 4 is 16.8 Å². The molecule has 1 atom stereocenters. The lowest BCUT2D eigenvalue weighted by molar-refractivity contribution is -0.122. The minimum atomic E-state index is -0.435. The van der Waals surface area contributed by atoms with Crippen molar-refractivity contribution in [3.05, 3.63) is 45.1 Å². The molecule has 0 unspecified atom stereocenters. The number of hydrogen-bond acceptors (Lipinski definition) is 3. The van der Waals surface area contributed by atoms with E-state index in [9.17, 15) is 14.4 Å². The molecule has 0 aliphatic carbocycles. The van der Waals surface area contributed by atoms with Crippen LogP contribution < -0.4 is 16.6 Å². The molecule has 1 aromatic carbocycles. The molecule has 124 valence electrons. The summed E-state index contributed by atoms with van der Waals surface area (Å²) in [6.07, 6.45) is 1.49. The third-order valence-electron chi connectivity index (χ3n) is 3.90. The van der Waals surface area contributed by atoms with Crippen LogP contribution in [0.3, 0.4) is 0 Å². The molecule has 0 aliphatic heterocycles. The maximum atomic E-state index is 12.6. The predicted octanol–water partition coefficient (Wildman–Crippen LogP) is 1.49. The number of carbonyl (C=O) groups excluding carboxylic acids is 1. The zero-order valence-corrected chi connectivity index (χ0v) is 13.8. The van der Waals surface area contributed by atoms with Crippen molar-refractivity contribution in [1.82, 2.24) is 14.5 Å². The standard InChI is InChI=1S/C17H23N3O3/c1-4-10-19-16(22)13-8-6-7-9-14(13)20(17(19)23)11-15(21)18-12(3)5-2/h6-9,12H,4-5,10-11H2,1-3H3,(H,18,21)/t12-/m1/s1. The van der Waals surface area contributed by atoms with Crippen LogP contribution in [-0.4, -0.2) is 21.1 Å². The molecule has 1 heterocycles. The minimum Gasteiger partial charge on any atom is -0.352 e. The lowest BCUT2D eigenvalue weighted by Gasteiger charge is -2.15. The first-order chi connectivity index (χ1) is 11.0. The van der Waals surface area contributed by atoms with E-state index in [-0.39, 0.29) is 24.1 Å². The van der Waals surface area contributed by atoms with Crippen LogP contribution in [0.2, 0.25) is 0 Å². The van der Waals surface area contributed by atoms with E-state index in [1.54, 1.807) is 24.3 Å². The number of nitrogens with zero attached hydrogens (tertiary/aromatic N) is 2. The number of para-hydroxylation sites is 1. The van der Waals surface area contributed by atoms with Crippen molar-refractivity contribution < 1.29 is 4.79 Å². The van der Waals surface area contributed by atoms with Gasteiger partial charge < -0.3 is 5.32 Å². The van der Waals surface area contributed by atoms with Gasteiger partial charge in [0.2, 0.25) is 5.91 Å². The minimum absolute atomic E-state index is 0.0472. The average molecular weight is 317 g/mol. The number of carbonyl (C=O) groups is 1. The Morgan fingerprint density at radius 3 is 2.52 bits per heavy atom. The van der Waals surface area contributed by atoms with Crippen LogP contribution in [0, 0.1) is 0 Å². The lowest BCUT2D eigenvalue weighted by atomic mass is 10.2. The Morgan fingerprint density at radius 1 is 1.17 bits per heavy atom. The van der Waals surface area contributed by atoms with E-state index >= 15 is 0 Å². The van der Waals surface area contributed by atoms with E-state index in [1.165, 1.54) is 9.13 Å². The molecule has 2 rings (SSSR count). The summed E-state index contributed by atoms with van der Waals surface area (Å²) in [6.45, 7) is 6.05. The maximum absolute atomic E-state index is 12.6. The topological polar surface area (TPSA) is 73.1 Å². The Bertz CT molecular complexity index is 820. The van der Waals surface area contributed by atoms with E-state index in [4.69, 9.17) is 0 Å². The molecular formula is C17H23N3O3. The first-order valence-corrected chi connectivity index (χ1v) is 8.01. The molecule has 2 aromatic rings. The number of nitrogens with one attached hydrogen (secondary N) is 1. The fourth-order valence-electron chi connectivity index (χ4n) is 2.51. The number of benzene rings is 1. The second kappa shape index (κ2) is 7.26. The van der Waals surface area contributed by atoms with Gasteiger partial charge in [-0.15, -0.1) is 0 Å². The summed E-state index contributed by atoms with van der Waals surface area (Å²) in [6, 6.07) is 6.95.